The Morgan fingerprint density at radius 1 is 1.19 bits per heavy atom. The van der Waals surface area contributed by atoms with Gasteiger partial charge in [-0.3, -0.25) is 15.0 Å². The summed E-state index contributed by atoms with van der Waals surface area (Å²) in [6, 6.07) is 11.1. The van der Waals surface area contributed by atoms with E-state index in [1.165, 1.54) is 23.7 Å². The van der Waals surface area contributed by atoms with Crippen molar-refractivity contribution in [1.29, 1.82) is 0 Å². The number of hydrogen-bond donors (Lipinski definition) is 4. The molecule has 0 saturated carbocycles. The smallest absolute Gasteiger partial charge is 0.355 e. The molecule has 0 radical (unpaired) electrons. The number of hydrazine groups is 1. The second-order valence-corrected chi connectivity index (χ2v) is 8.38. The van der Waals surface area contributed by atoms with Gasteiger partial charge in [-0.15, -0.1) is 0 Å². The Hall–Kier alpha value is -3.90. The fraction of sp³-hybridized carbons (Fsp3) is 0.304. The van der Waals surface area contributed by atoms with Gasteiger partial charge in [0.15, 0.2) is 11.6 Å². The lowest BCUT2D eigenvalue weighted by Gasteiger charge is -2.17. The van der Waals surface area contributed by atoms with Crippen LogP contribution in [0.1, 0.15) is 19.4 Å². The molecule has 36 heavy (non-hydrogen) atoms. The van der Waals surface area contributed by atoms with Gasteiger partial charge in [-0.25, -0.2) is 24.4 Å². The van der Waals surface area contributed by atoms with Gasteiger partial charge in [0.2, 0.25) is 11.9 Å². The van der Waals surface area contributed by atoms with Gasteiger partial charge in [0.1, 0.15) is 0 Å². The second-order valence-electron chi connectivity index (χ2n) is 7.94. The molecule has 192 valence electrons. The molecule has 0 amide bonds. The molecule has 5 N–H and O–H groups in total. The molecule has 13 heteroatoms. The monoisotopic (exact) mass is 518 g/mol. The van der Waals surface area contributed by atoms with Gasteiger partial charge in [0, 0.05) is 36.9 Å². The Balaban J connectivity index is 1.97. The maximum Gasteiger partial charge on any atom is 0.355 e. The SMILES string of the molecule is CN=C(NN)NCCn1c(=O)nc(Nc2ccc(OC(C)C)c(F)c2)n(Cc2ccc(Cl)cc2)c1=O. The molecular formula is C23H28ClFN8O3. The number of ether oxygens (including phenoxy) is 1. The lowest BCUT2D eigenvalue weighted by Crippen LogP contribution is -2.47. The third kappa shape index (κ3) is 6.83. The Bertz CT molecular complexity index is 1340. The number of aliphatic imine (C=N–C) groups is 1. The molecule has 3 aromatic rings. The van der Waals surface area contributed by atoms with Gasteiger partial charge in [-0.1, -0.05) is 23.7 Å². The highest BCUT2D eigenvalue weighted by atomic mass is 35.5. The third-order valence-electron chi connectivity index (χ3n) is 4.94. The maximum atomic E-state index is 14.5. The first-order chi connectivity index (χ1) is 17.2. The van der Waals surface area contributed by atoms with Gasteiger partial charge in [-0.2, -0.15) is 4.98 Å². The summed E-state index contributed by atoms with van der Waals surface area (Å²) in [7, 11) is 1.53. The molecular weight excluding hydrogens is 491 g/mol. The van der Waals surface area contributed by atoms with Crippen LogP contribution in [0.25, 0.3) is 0 Å². The van der Waals surface area contributed by atoms with E-state index in [0.717, 1.165) is 10.1 Å². The molecule has 0 unspecified atom stereocenters. The summed E-state index contributed by atoms with van der Waals surface area (Å²) in [5, 5.41) is 6.30. The predicted molar refractivity (Wildman–Crippen MR) is 137 cm³/mol. The van der Waals surface area contributed by atoms with Crippen molar-refractivity contribution >= 4 is 29.2 Å². The highest BCUT2D eigenvalue weighted by molar-refractivity contribution is 6.30. The van der Waals surface area contributed by atoms with Gasteiger partial charge < -0.3 is 15.4 Å². The Morgan fingerprint density at radius 3 is 2.53 bits per heavy atom. The first-order valence-electron chi connectivity index (χ1n) is 11.1. The summed E-state index contributed by atoms with van der Waals surface area (Å²) in [6.07, 6.45) is -0.202. The van der Waals surface area contributed by atoms with E-state index in [4.69, 9.17) is 22.2 Å². The zero-order valence-electron chi connectivity index (χ0n) is 20.1. The number of hydrogen-bond acceptors (Lipinski definition) is 7. The molecule has 0 aliphatic rings. The summed E-state index contributed by atoms with van der Waals surface area (Å²) in [4.78, 5) is 34.0. The van der Waals surface area contributed by atoms with Crippen LogP contribution in [-0.4, -0.2) is 39.8 Å². The zero-order valence-corrected chi connectivity index (χ0v) is 20.8. The number of rotatable bonds is 9. The quantitative estimate of drug-likeness (QED) is 0.145. The van der Waals surface area contributed by atoms with Crippen LogP contribution in [-0.2, 0) is 13.1 Å². The van der Waals surface area contributed by atoms with E-state index in [1.807, 2.05) is 0 Å². The van der Waals surface area contributed by atoms with E-state index >= 15 is 0 Å². The molecule has 11 nitrogen and oxygen atoms in total. The minimum absolute atomic E-state index is 0.00211. The fourth-order valence-electron chi connectivity index (χ4n) is 3.27. The molecule has 0 saturated heterocycles. The molecule has 1 heterocycles. The molecule has 2 aromatic carbocycles. The number of nitrogens with two attached hydrogens (primary N) is 1. The molecule has 0 aliphatic carbocycles. The van der Waals surface area contributed by atoms with Crippen LogP contribution in [0.15, 0.2) is 57.0 Å². The van der Waals surface area contributed by atoms with Gasteiger partial charge in [0.05, 0.1) is 12.6 Å². The van der Waals surface area contributed by atoms with Crippen molar-refractivity contribution < 1.29 is 9.13 Å². The summed E-state index contributed by atoms with van der Waals surface area (Å²) < 4.78 is 22.2. The standard InChI is InChI=1S/C23H28ClFN8O3/c1-14(2)36-19-9-8-17(12-18(19)25)29-21-30-22(34)32(11-10-28-20(27-3)31-26)23(35)33(21)13-15-4-6-16(24)7-5-15/h4-9,12,14H,10-11,13,26H2,1-3H3,(H2,27,28,31)(H,29,30,34). The third-order valence-corrected chi connectivity index (χ3v) is 5.19. The number of nitrogens with one attached hydrogen (secondary N) is 3. The average Bonchev–Trinajstić information content (AvgIpc) is 2.84. The topological polar surface area (TPSA) is 141 Å². The first-order valence-corrected chi connectivity index (χ1v) is 11.5. The van der Waals surface area contributed by atoms with E-state index in [-0.39, 0.29) is 43.1 Å². The normalized spacial score (nSPS) is 11.5. The van der Waals surface area contributed by atoms with Crippen molar-refractivity contribution in [3.05, 3.63) is 79.8 Å². The minimum atomic E-state index is -0.771. The molecule has 3 rings (SSSR count). The van der Waals surface area contributed by atoms with Crippen molar-refractivity contribution in [3.8, 4) is 5.75 Å². The average molecular weight is 519 g/mol. The summed E-state index contributed by atoms with van der Waals surface area (Å²) in [5.41, 5.74) is 2.02. The summed E-state index contributed by atoms with van der Waals surface area (Å²) in [5.74, 6) is 5.08. The van der Waals surface area contributed by atoms with Crippen LogP contribution in [0.5, 0.6) is 5.75 Å². The molecule has 0 fully saturated rings. The lowest BCUT2D eigenvalue weighted by molar-refractivity contribution is 0.231. The Morgan fingerprint density at radius 2 is 1.92 bits per heavy atom. The van der Waals surface area contributed by atoms with Crippen LogP contribution in [0, 0.1) is 5.82 Å². The summed E-state index contributed by atoms with van der Waals surface area (Å²) >= 11 is 5.98. The zero-order chi connectivity index (χ0) is 26.2. The van der Waals surface area contributed by atoms with E-state index in [9.17, 15) is 14.0 Å². The van der Waals surface area contributed by atoms with Gasteiger partial charge in [0.25, 0.3) is 0 Å². The van der Waals surface area contributed by atoms with Crippen LogP contribution in [0.4, 0.5) is 16.0 Å². The Kier molecular flexibility index (Phi) is 9.03. The number of halogens is 2. The van der Waals surface area contributed by atoms with Crippen LogP contribution in [0.3, 0.4) is 0 Å². The van der Waals surface area contributed by atoms with Crippen molar-refractivity contribution in [3.63, 3.8) is 0 Å². The number of benzene rings is 2. The second kappa shape index (κ2) is 12.2. The van der Waals surface area contributed by atoms with Crippen molar-refractivity contribution in [1.82, 2.24) is 24.9 Å². The molecule has 0 spiro atoms. The minimum Gasteiger partial charge on any atom is -0.488 e. The molecule has 1 aromatic heterocycles. The van der Waals surface area contributed by atoms with Crippen molar-refractivity contribution in [2.45, 2.75) is 33.0 Å². The molecule has 0 aliphatic heterocycles. The van der Waals surface area contributed by atoms with E-state index in [0.29, 0.717) is 11.0 Å². The number of aromatic nitrogens is 3. The van der Waals surface area contributed by atoms with Crippen LogP contribution in [0.2, 0.25) is 5.02 Å². The van der Waals surface area contributed by atoms with E-state index < -0.39 is 17.2 Å². The fourth-order valence-corrected chi connectivity index (χ4v) is 3.39. The van der Waals surface area contributed by atoms with Gasteiger partial charge >= 0.3 is 11.4 Å². The van der Waals surface area contributed by atoms with Crippen molar-refractivity contribution in [2.24, 2.45) is 10.8 Å². The highest BCUT2D eigenvalue weighted by Crippen LogP contribution is 2.24. The number of nitrogens with zero attached hydrogens (tertiary/aromatic N) is 4. The lowest BCUT2D eigenvalue weighted by atomic mass is 10.2. The number of guanidine groups is 1. The predicted octanol–water partition coefficient (Wildman–Crippen LogP) is 1.82. The number of anilines is 2. The largest absolute Gasteiger partial charge is 0.488 e. The first kappa shape index (κ1) is 26.7. The van der Waals surface area contributed by atoms with Gasteiger partial charge in [-0.05, 0) is 43.7 Å². The maximum absolute atomic E-state index is 14.5. The Labute approximate surface area is 211 Å². The highest BCUT2D eigenvalue weighted by Gasteiger charge is 2.15. The van der Waals surface area contributed by atoms with Crippen LogP contribution < -0.4 is 38.0 Å². The van der Waals surface area contributed by atoms with Crippen molar-refractivity contribution in [2.75, 3.05) is 18.9 Å². The van der Waals surface area contributed by atoms with E-state index in [1.54, 1.807) is 44.2 Å². The van der Waals surface area contributed by atoms with Crippen LogP contribution >= 0.6 is 11.6 Å². The summed E-state index contributed by atoms with van der Waals surface area (Å²) in [6.45, 7) is 3.85. The van der Waals surface area contributed by atoms with E-state index in [2.05, 4.69) is 26.0 Å². The molecule has 0 bridgehead atoms. The molecule has 0 atom stereocenters.